The van der Waals surface area contributed by atoms with Gasteiger partial charge in [0.25, 0.3) is 5.56 Å². The molecular weight excluding hydrogens is 458 g/mol. The van der Waals surface area contributed by atoms with E-state index in [1.807, 2.05) is 18.2 Å². The molecule has 170 valence electrons. The number of para-hydroxylation sites is 2. The van der Waals surface area contributed by atoms with Crippen LogP contribution in [0.25, 0.3) is 10.2 Å². The van der Waals surface area contributed by atoms with Gasteiger partial charge in [0, 0.05) is 4.88 Å². The Morgan fingerprint density at radius 3 is 2.91 bits per heavy atom. The molecule has 0 radical (unpaired) electrons. The van der Waals surface area contributed by atoms with E-state index in [0.717, 1.165) is 41.5 Å². The monoisotopic (exact) mass is 481 g/mol. The number of benzene rings is 1. The number of carbonyl (C=O) groups is 1. The van der Waals surface area contributed by atoms with E-state index in [2.05, 4.69) is 5.32 Å². The third-order valence-corrected chi connectivity index (χ3v) is 7.81. The Morgan fingerprint density at radius 2 is 2.09 bits per heavy atom. The Kier molecular flexibility index (Phi) is 6.24. The Morgan fingerprint density at radius 1 is 1.24 bits per heavy atom. The number of thiophene rings is 1. The number of amides is 1. The number of anilines is 1. The lowest BCUT2D eigenvalue weighted by atomic mass is 9.97. The molecule has 0 atom stereocenters. The first kappa shape index (κ1) is 21.8. The first-order valence-corrected chi connectivity index (χ1v) is 12.6. The van der Waals surface area contributed by atoms with Gasteiger partial charge >= 0.3 is 0 Å². The van der Waals surface area contributed by atoms with Gasteiger partial charge in [0.05, 0.1) is 36.7 Å². The molecule has 9 heteroatoms. The Labute approximate surface area is 198 Å². The minimum Gasteiger partial charge on any atom is -0.495 e. The minimum atomic E-state index is -0.200. The molecule has 1 aliphatic carbocycles. The number of furan rings is 1. The number of aryl methyl sites for hydroxylation is 2. The summed E-state index contributed by atoms with van der Waals surface area (Å²) in [6, 6.07) is 10.9. The smallest absolute Gasteiger partial charge is 0.263 e. The van der Waals surface area contributed by atoms with E-state index in [-0.39, 0.29) is 23.8 Å². The van der Waals surface area contributed by atoms with E-state index in [0.29, 0.717) is 22.4 Å². The second-order valence-electron chi connectivity index (χ2n) is 7.79. The minimum absolute atomic E-state index is 0.0663. The van der Waals surface area contributed by atoms with Gasteiger partial charge in [-0.2, -0.15) is 0 Å². The molecule has 0 aliphatic heterocycles. The Hall–Kier alpha value is -3.04. The van der Waals surface area contributed by atoms with E-state index in [1.54, 1.807) is 47.5 Å². The number of rotatable bonds is 7. The summed E-state index contributed by atoms with van der Waals surface area (Å²) < 4.78 is 12.4. The fourth-order valence-electron chi connectivity index (χ4n) is 4.09. The van der Waals surface area contributed by atoms with Gasteiger partial charge in [0.1, 0.15) is 16.3 Å². The third kappa shape index (κ3) is 4.43. The molecule has 0 fully saturated rings. The summed E-state index contributed by atoms with van der Waals surface area (Å²) in [5.41, 5.74) is 1.69. The largest absolute Gasteiger partial charge is 0.495 e. The fourth-order valence-corrected chi connectivity index (χ4v) is 6.19. The molecular formula is C24H23N3O4S2. The quantitative estimate of drug-likeness (QED) is 0.304. The molecule has 3 heterocycles. The lowest BCUT2D eigenvalue weighted by molar-refractivity contribution is -0.113. The average molecular weight is 482 g/mol. The molecule has 0 bridgehead atoms. The van der Waals surface area contributed by atoms with Crippen molar-refractivity contribution in [1.29, 1.82) is 0 Å². The highest BCUT2D eigenvalue weighted by Crippen LogP contribution is 2.35. The van der Waals surface area contributed by atoms with Gasteiger partial charge in [-0.1, -0.05) is 23.9 Å². The number of aromatic nitrogens is 2. The molecule has 5 rings (SSSR count). The van der Waals surface area contributed by atoms with E-state index < -0.39 is 0 Å². The zero-order valence-electron chi connectivity index (χ0n) is 18.1. The number of fused-ring (bicyclic) bond motifs is 3. The molecule has 0 unspecified atom stereocenters. The molecule has 1 aromatic carbocycles. The van der Waals surface area contributed by atoms with E-state index in [1.165, 1.54) is 16.6 Å². The fraction of sp³-hybridized carbons (Fsp3) is 0.292. The summed E-state index contributed by atoms with van der Waals surface area (Å²) >= 11 is 2.86. The molecule has 1 aliphatic rings. The van der Waals surface area contributed by atoms with Crippen molar-refractivity contribution < 1.29 is 13.9 Å². The SMILES string of the molecule is COc1ccccc1NC(=O)CSc1nc2sc3c(c2c(=O)n1Cc1ccco1)CCCC3. The summed E-state index contributed by atoms with van der Waals surface area (Å²) in [6.45, 7) is 0.274. The lowest BCUT2D eigenvalue weighted by Crippen LogP contribution is -2.25. The highest BCUT2D eigenvalue weighted by Gasteiger charge is 2.23. The number of hydrogen-bond acceptors (Lipinski definition) is 7. The van der Waals surface area contributed by atoms with Gasteiger partial charge in [0.15, 0.2) is 5.16 Å². The van der Waals surface area contributed by atoms with Crippen LogP contribution < -0.4 is 15.6 Å². The van der Waals surface area contributed by atoms with Crippen molar-refractivity contribution in [1.82, 2.24) is 9.55 Å². The molecule has 7 nitrogen and oxygen atoms in total. The second-order valence-corrected chi connectivity index (χ2v) is 9.82. The van der Waals surface area contributed by atoms with Crippen molar-refractivity contribution in [2.45, 2.75) is 37.4 Å². The molecule has 3 aromatic heterocycles. The first-order valence-electron chi connectivity index (χ1n) is 10.8. The standard InChI is InChI=1S/C24H23N3O4S2/c1-30-18-10-4-3-9-17(18)25-20(28)14-32-24-26-22-21(16-8-2-5-11-19(16)33-22)23(29)27(24)13-15-7-6-12-31-15/h3-4,6-7,9-10,12H,2,5,8,11,13-14H2,1H3,(H,25,28). The number of nitrogens with one attached hydrogen (secondary N) is 1. The number of nitrogens with zero attached hydrogens (tertiary/aromatic N) is 2. The summed E-state index contributed by atoms with van der Waals surface area (Å²) in [4.78, 5) is 33.1. The summed E-state index contributed by atoms with van der Waals surface area (Å²) in [5.74, 6) is 1.17. The van der Waals surface area contributed by atoms with E-state index >= 15 is 0 Å². The van der Waals surface area contributed by atoms with Crippen molar-refractivity contribution in [3.8, 4) is 5.75 Å². The van der Waals surface area contributed by atoms with Gasteiger partial charge in [-0.3, -0.25) is 14.2 Å². The molecule has 0 saturated carbocycles. The maximum Gasteiger partial charge on any atom is 0.263 e. The van der Waals surface area contributed by atoms with Crippen LogP contribution in [0.5, 0.6) is 5.75 Å². The number of methoxy groups -OCH3 is 1. The van der Waals surface area contributed by atoms with Gasteiger partial charge in [-0.25, -0.2) is 4.98 Å². The summed E-state index contributed by atoms with van der Waals surface area (Å²) in [6.07, 6.45) is 5.74. The van der Waals surface area contributed by atoms with Crippen LogP contribution in [0.15, 0.2) is 57.0 Å². The molecule has 33 heavy (non-hydrogen) atoms. The summed E-state index contributed by atoms with van der Waals surface area (Å²) in [5, 5.41) is 4.11. The van der Waals surface area contributed by atoms with Crippen LogP contribution >= 0.6 is 23.1 Å². The number of ether oxygens (including phenoxy) is 1. The maximum atomic E-state index is 13.6. The van der Waals surface area contributed by atoms with Gasteiger partial charge in [-0.15, -0.1) is 11.3 Å². The highest BCUT2D eigenvalue weighted by molar-refractivity contribution is 7.99. The Balaban J connectivity index is 1.46. The van der Waals surface area contributed by atoms with Crippen molar-refractivity contribution in [3.05, 3.63) is 69.2 Å². The highest BCUT2D eigenvalue weighted by atomic mass is 32.2. The molecule has 1 amide bonds. The van der Waals surface area contributed by atoms with E-state index in [9.17, 15) is 9.59 Å². The molecule has 0 saturated heterocycles. The number of thioether (sulfide) groups is 1. The van der Waals surface area contributed by atoms with E-state index in [4.69, 9.17) is 14.1 Å². The predicted molar refractivity (Wildman–Crippen MR) is 131 cm³/mol. The zero-order chi connectivity index (χ0) is 22.8. The van der Waals surface area contributed by atoms with Crippen molar-refractivity contribution >= 4 is 44.9 Å². The van der Waals surface area contributed by atoms with Crippen molar-refractivity contribution in [2.75, 3.05) is 18.2 Å². The third-order valence-electron chi connectivity index (χ3n) is 5.65. The van der Waals surface area contributed by atoms with Crippen LogP contribution in [0.2, 0.25) is 0 Å². The molecule has 1 N–H and O–H groups in total. The van der Waals surface area contributed by atoms with Gasteiger partial charge in [-0.05, 0) is 55.5 Å². The predicted octanol–water partition coefficient (Wildman–Crippen LogP) is 4.72. The van der Waals surface area contributed by atoms with Crippen LogP contribution in [-0.2, 0) is 24.2 Å². The number of hydrogen-bond donors (Lipinski definition) is 1. The maximum absolute atomic E-state index is 13.6. The Bertz CT molecular complexity index is 1360. The topological polar surface area (TPSA) is 86.4 Å². The number of carbonyl (C=O) groups excluding carboxylic acids is 1. The lowest BCUT2D eigenvalue weighted by Gasteiger charge is -2.13. The first-order chi connectivity index (χ1) is 16.1. The van der Waals surface area contributed by atoms with Gasteiger partial charge < -0.3 is 14.5 Å². The van der Waals surface area contributed by atoms with Gasteiger partial charge in [0.2, 0.25) is 5.91 Å². The van der Waals surface area contributed by atoms with Crippen LogP contribution in [0.4, 0.5) is 5.69 Å². The second kappa shape index (κ2) is 9.44. The van der Waals surface area contributed by atoms with Crippen molar-refractivity contribution in [3.63, 3.8) is 0 Å². The average Bonchev–Trinajstić information content (AvgIpc) is 3.47. The van der Waals surface area contributed by atoms with Crippen LogP contribution in [0, 0.1) is 0 Å². The van der Waals surface area contributed by atoms with Crippen molar-refractivity contribution in [2.24, 2.45) is 0 Å². The molecule has 4 aromatic rings. The zero-order valence-corrected chi connectivity index (χ0v) is 19.8. The summed E-state index contributed by atoms with van der Waals surface area (Å²) in [7, 11) is 1.56. The van der Waals surface area contributed by atoms with Crippen LogP contribution in [-0.4, -0.2) is 28.3 Å². The van der Waals surface area contributed by atoms with Crippen LogP contribution in [0.1, 0.15) is 29.0 Å². The van der Waals surface area contributed by atoms with Crippen LogP contribution in [0.3, 0.4) is 0 Å². The normalized spacial score (nSPS) is 13.1. The molecule has 0 spiro atoms.